The van der Waals surface area contributed by atoms with Gasteiger partial charge in [0.2, 0.25) is 15.3 Å². The van der Waals surface area contributed by atoms with Gasteiger partial charge in [-0.05, 0) is 17.2 Å². The average molecular weight is 314 g/mol. The van der Waals surface area contributed by atoms with E-state index in [-0.39, 0.29) is 16.8 Å². The van der Waals surface area contributed by atoms with Gasteiger partial charge in [-0.25, -0.2) is 23.1 Å². The van der Waals surface area contributed by atoms with E-state index in [9.17, 15) is 13.5 Å². The maximum atomic E-state index is 12.1. The van der Waals surface area contributed by atoms with Crippen LogP contribution in [0.2, 0.25) is 5.28 Å². The lowest BCUT2D eigenvalue weighted by molar-refractivity contribution is 0.259. The summed E-state index contributed by atoms with van der Waals surface area (Å²) in [6, 6.07) is 8.04. The van der Waals surface area contributed by atoms with Crippen LogP contribution in [0.4, 0.5) is 0 Å². The molecule has 1 heterocycles. The number of benzene rings is 1. The third kappa shape index (κ3) is 3.51. The molecule has 1 atom stereocenters. The molecular weight excluding hydrogens is 302 g/mol. The highest BCUT2D eigenvalue weighted by Crippen LogP contribution is 2.16. The number of aliphatic hydroxyl groups excluding tert-OH is 1. The summed E-state index contributed by atoms with van der Waals surface area (Å²) in [7, 11) is -3.83. The van der Waals surface area contributed by atoms with Crippen LogP contribution in [0.25, 0.3) is 0 Å². The van der Waals surface area contributed by atoms with Crippen molar-refractivity contribution in [3.63, 3.8) is 0 Å². The molecule has 0 amide bonds. The second-order valence-electron chi connectivity index (χ2n) is 3.95. The summed E-state index contributed by atoms with van der Waals surface area (Å²) in [5.41, 5.74) is 0.661. The Hall–Kier alpha value is -1.54. The first kappa shape index (κ1) is 14.9. The number of nitrogens with zero attached hydrogens (tertiary/aromatic N) is 2. The summed E-state index contributed by atoms with van der Waals surface area (Å²) in [5.74, 6) is 0. The molecule has 0 aliphatic rings. The maximum absolute atomic E-state index is 12.1. The first-order chi connectivity index (χ1) is 9.53. The average Bonchev–Trinajstić information content (AvgIpc) is 2.46. The van der Waals surface area contributed by atoms with Crippen molar-refractivity contribution in [2.24, 2.45) is 0 Å². The Morgan fingerprint density at radius 1 is 1.20 bits per heavy atom. The third-order valence-electron chi connectivity index (χ3n) is 2.59. The summed E-state index contributed by atoms with van der Waals surface area (Å²) < 4.78 is 26.7. The van der Waals surface area contributed by atoms with Crippen LogP contribution in [0.3, 0.4) is 0 Å². The molecule has 0 spiro atoms. The molecule has 0 bridgehead atoms. The first-order valence-electron chi connectivity index (χ1n) is 5.68. The van der Waals surface area contributed by atoms with Crippen LogP contribution in [0.15, 0.2) is 47.6 Å². The van der Waals surface area contributed by atoms with Crippen LogP contribution in [0.1, 0.15) is 11.6 Å². The number of hydrogen-bond donors (Lipinski definition) is 2. The molecule has 8 heteroatoms. The van der Waals surface area contributed by atoms with E-state index in [1.54, 1.807) is 30.3 Å². The van der Waals surface area contributed by atoms with E-state index in [0.29, 0.717) is 5.56 Å². The molecule has 2 aromatic rings. The van der Waals surface area contributed by atoms with Crippen LogP contribution in [-0.4, -0.2) is 30.1 Å². The highest BCUT2D eigenvalue weighted by atomic mass is 35.5. The van der Waals surface area contributed by atoms with Crippen molar-refractivity contribution in [3.05, 3.63) is 53.6 Å². The molecule has 1 aromatic heterocycles. The fourth-order valence-corrected chi connectivity index (χ4v) is 2.79. The summed E-state index contributed by atoms with van der Waals surface area (Å²) in [6.45, 7) is -0.363. The van der Waals surface area contributed by atoms with Gasteiger partial charge in [-0.2, -0.15) is 0 Å². The number of halogens is 1. The molecule has 2 N–H and O–H groups in total. The number of sulfonamides is 1. The Morgan fingerprint density at radius 2 is 1.80 bits per heavy atom. The van der Waals surface area contributed by atoms with Crippen LogP contribution in [-0.2, 0) is 10.0 Å². The van der Waals surface area contributed by atoms with Crippen LogP contribution < -0.4 is 4.72 Å². The van der Waals surface area contributed by atoms with Crippen molar-refractivity contribution < 1.29 is 13.5 Å². The smallest absolute Gasteiger partial charge is 0.244 e. The molecular formula is C12H12ClN3O3S. The molecule has 2 rings (SSSR count). The SMILES string of the molecule is O=S(=O)(NC(CO)c1ccccc1)c1cnc(Cl)nc1. The standard InChI is InChI=1S/C12H12ClN3O3S/c13-12-14-6-10(7-15-12)20(18,19)16-11(8-17)9-4-2-1-3-5-9/h1-7,11,16-17H,8H2. The highest BCUT2D eigenvalue weighted by Gasteiger charge is 2.21. The van der Waals surface area contributed by atoms with Crippen molar-refractivity contribution in [3.8, 4) is 0 Å². The molecule has 1 aromatic carbocycles. The Bertz CT molecular complexity index is 662. The van der Waals surface area contributed by atoms with E-state index in [1.165, 1.54) is 0 Å². The Kier molecular flexibility index (Phi) is 4.66. The van der Waals surface area contributed by atoms with Gasteiger partial charge >= 0.3 is 0 Å². The van der Waals surface area contributed by atoms with Gasteiger partial charge in [0.05, 0.1) is 25.0 Å². The van der Waals surface area contributed by atoms with Gasteiger partial charge in [0.1, 0.15) is 4.90 Å². The number of aromatic nitrogens is 2. The predicted molar refractivity (Wildman–Crippen MR) is 73.6 cm³/mol. The van der Waals surface area contributed by atoms with Gasteiger partial charge in [0, 0.05) is 0 Å². The molecule has 0 radical (unpaired) electrons. The zero-order valence-electron chi connectivity index (χ0n) is 10.3. The number of aliphatic hydroxyl groups is 1. The zero-order valence-corrected chi connectivity index (χ0v) is 11.8. The summed E-state index contributed by atoms with van der Waals surface area (Å²) in [5, 5.41) is 9.32. The monoisotopic (exact) mass is 313 g/mol. The Morgan fingerprint density at radius 3 is 2.35 bits per heavy atom. The van der Waals surface area contributed by atoms with E-state index in [4.69, 9.17) is 11.6 Å². The first-order valence-corrected chi connectivity index (χ1v) is 7.55. The molecule has 6 nitrogen and oxygen atoms in total. The number of nitrogens with one attached hydrogen (secondary N) is 1. The highest BCUT2D eigenvalue weighted by molar-refractivity contribution is 7.89. The lowest BCUT2D eigenvalue weighted by Gasteiger charge is -2.16. The lowest BCUT2D eigenvalue weighted by atomic mass is 10.1. The van der Waals surface area contributed by atoms with Crippen molar-refractivity contribution >= 4 is 21.6 Å². The normalized spacial score (nSPS) is 13.1. The van der Waals surface area contributed by atoms with Gasteiger partial charge in [-0.3, -0.25) is 0 Å². The number of rotatable bonds is 5. The summed E-state index contributed by atoms with van der Waals surface area (Å²) in [6.07, 6.45) is 2.22. The lowest BCUT2D eigenvalue weighted by Crippen LogP contribution is -2.31. The Labute approximate surface area is 121 Å². The zero-order chi connectivity index (χ0) is 14.6. The van der Waals surface area contributed by atoms with E-state index >= 15 is 0 Å². The van der Waals surface area contributed by atoms with Crippen molar-refractivity contribution in [1.82, 2.24) is 14.7 Å². The number of hydrogen-bond acceptors (Lipinski definition) is 5. The fourth-order valence-electron chi connectivity index (χ4n) is 1.59. The molecule has 1 unspecified atom stereocenters. The van der Waals surface area contributed by atoms with Gasteiger partial charge in [-0.15, -0.1) is 0 Å². The molecule has 0 aliphatic heterocycles. The third-order valence-corrected chi connectivity index (χ3v) is 4.21. The largest absolute Gasteiger partial charge is 0.394 e. The van der Waals surface area contributed by atoms with Crippen molar-refractivity contribution in [2.75, 3.05) is 6.61 Å². The summed E-state index contributed by atoms with van der Waals surface area (Å²) in [4.78, 5) is 7.13. The molecule has 0 aliphatic carbocycles. The van der Waals surface area contributed by atoms with Gasteiger partial charge in [0.25, 0.3) is 0 Å². The Balaban J connectivity index is 2.24. The maximum Gasteiger partial charge on any atom is 0.244 e. The minimum atomic E-state index is -3.83. The van der Waals surface area contributed by atoms with Gasteiger partial charge < -0.3 is 5.11 Å². The minimum absolute atomic E-state index is 0.0364. The quantitative estimate of drug-likeness (QED) is 0.808. The van der Waals surface area contributed by atoms with E-state index in [2.05, 4.69) is 14.7 Å². The van der Waals surface area contributed by atoms with Crippen LogP contribution in [0.5, 0.6) is 0 Å². The van der Waals surface area contributed by atoms with Crippen molar-refractivity contribution in [2.45, 2.75) is 10.9 Å². The summed E-state index contributed by atoms with van der Waals surface area (Å²) >= 11 is 5.51. The predicted octanol–water partition coefficient (Wildman–Crippen LogP) is 1.14. The van der Waals surface area contributed by atoms with Gasteiger partial charge in [0.15, 0.2) is 0 Å². The molecule has 0 saturated heterocycles. The second kappa shape index (κ2) is 6.27. The fraction of sp³-hybridized carbons (Fsp3) is 0.167. The minimum Gasteiger partial charge on any atom is -0.394 e. The van der Waals surface area contributed by atoms with E-state index in [0.717, 1.165) is 12.4 Å². The molecule has 106 valence electrons. The second-order valence-corrected chi connectivity index (χ2v) is 6.01. The van der Waals surface area contributed by atoms with E-state index < -0.39 is 16.1 Å². The van der Waals surface area contributed by atoms with Crippen molar-refractivity contribution in [1.29, 1.82) is 0 Å². The molecule has 0 fully saturated rings. The molecule has 20 heavy (non-hydrogen) atoms. The van der Waals surface area contributed by atoms with E-state index in [1.807, 2.05) is 0 Å². The molecule has 0 saturated carbocycles. The van der Waals surface area contributed by atoms with Gasteiger partial charge in [-0.1, -0.05) is 30.3 Å². The van der Waals surface area contributed by atoms with Crippen LogP contribution in [0, 0.1) is 0 Å². The van der Waals surface area contributed by atoms with Crippen LogP contribution >= 0.6 is 11.6 Å². The topological polar surface area (TPSA) is 92.2 Å².